The van der Waals surface area contributed by atoms with Crippen LogP contribution in [0.1, 0.15) is 53.1 Å². The average molecular weight is 590 g/mol. The number of hydrogen-bond donors (Lipinski definition) is 1. The van der Waals surface area contributed by atoms with Gasteiger partial charge in [-0.1, -0.05) is 17.4 Å². The summed E-state index contributed by atoms with van der Waals surface area (Å²) in [7, 11) is 0. The standard InChI is InChI=1S/C27H31N3O6S3/c1-4-35-23(33)13-30-18-11-10-16(3)12-20(18)39-27(30)29-22(32)15-37-14-21(31)28-25-24(26(34)36-5-2)17-8-6-7-9-19(17)38-25/h10-12H,4-9,13-15H2,1-3H3,(H,28,31). The van der Waals surface area contributed by atoms with E-state index >= 15 is 0 Å². The third-order valence-electron chi connectivity index (χ3n) is 6.01. The van der Waals surface area contributed by atoms with E-state index in [1.54, 1.807) is 18.4 Å². The third-order valence-corrected chi connectivity index (χ3v) is 9.18. The van der Waals surface area contributed by atoms with Gasteiger partial charge in [-0.05, 0) is 69.7 Å². The van der Waals surface area contributed by atoms with E-state index < -0.39 is 17.8 Å². The number of hydrogen-bond acceptors (Lipinski definition) is 9. The van der Waals surface area contributed by atoms with Gasteiger partial charge in [0.1, 0.15) is 11.5 Å². The van der Waals surface area contributed by atoms with Gasteiger partial charge in [0.25, 0.3) is 5.91 Å². The average Bonchev–Trinajstić information content (AvgIpc) is 3.41. The Morgan fingerprint density at radius 2 is 1.82 bits per heavy atom. The van der Waals surface area contributed by atoms with Gasteiger partial charge in [0.05, 0.1) is 40.5 Å². The van der Waals surface area contributed by atoms with E-state index in [4.69, 9.17) is 9.47 Å². The molecule has 0 spiro atoms. The Labute approximate surface area is 238 Å². The van der Waals surface area contributed by atoms with E-state index in [0.717, 1.165) is 63.7 Å². The fourth-order valence-corrected chi connectivity index (χ4v) is 7.40. The number of aryl methyl sites for hydroxylation is 2. The number of amides is 2. The van der Waals surface area contributed by atoms with Crippen molar-refractivity contribution in [1.29, 1.82) is 0 Å². The van der Waals surface area contributed by atoms with Gasteiger partial charge in [-0.3, -0.25) is 14.4 Å². The fourth-order valence-electron chi connectivity index (χ4n) is 4.36. The Morgan fingerprint density at radius 1 is 1.05 bits per heavy atom. The van der Waals surface area contributed by atoms with Gasteiger partial charge in [-0.2, -0.15) is 4.99 Å². The van der Waals surface area contributed by atoms with Gasteiger partial charge < -0.3 is 19.4 Å². The smallest absolute Gasteiger partial charge is 0.341 e. The highest BCUT2D eigenvalue weighted by Crippen LogP contribution is 2.38. The van der Waals surface area contributed by atoms with E-state index in [2.05, 4.69) is 10.3 Å². The van der Waals surface area contributed by atoms with Crippen LogP contribution in [-0.2, 0) is 43.2 Å². The second-order valence-electron chi connectivity index (χ2n) is 8.93. The molecule has 1 aliphatic rings. The molecule has 0 saturated carbocycles. The first-order valence-corrected chi connectivity index (χ1v) is 15.6. The maximum Gasteiger partial charge on any atom is 0.341 e. The highest BCUT2D eigenvalue weighted by Gasteiger charge is 2.27. The molecule has 0 fully saturated rings. The lowest BCUT2D eigenvalue weighted by Gasteiger charge is -2.12. The van der Waals surface area contributed by atoms with Crippen molar-refractivity contribution in [3.05, 3.63) is 44.6 Å². The molecule has 1 aromatic carbocycles. The lowest BCUT2D eigenvalue weighted by molar-refractivity contribution is -0.143. The number of ether oxygens (including phenoxy) is 2. The number of aromatic nitrogens is 1. The molecule has 0 atom stereocenters. The van der Waals surface area contributed by atoms with Crippen LogP contribution in [0.4, 0.5) is 5.00 Å². The first-order valence-electron chi connectivity index (χ1n) is 12.8. The molecule has 3 aromatic rings. The minimum atomic E-state index is -0.413. The molecular formula is C27H31N3O6S3. The number of thiophene rings is 1. The Kier molecular flexibility index (Phi) is 9.98. The first-order chi connectivity index (χ1) is 18.8. The zero-order valence-electron chi connectivity index (χ0n) is 22.2. The summed E-state index contributed by atoms with van der Waals surface area (Å²) in [5, 5.41) is 3.37. The number of benzene rings is 1. The summed E-state index contributed by atoms with van der Waals surface area (Å²) in [6.45, 7) is 5.94. The largest absolute Gasteiger partial charge is 0.465 e. The van der Waals surface area contributed by atoms with Gasteiger partial charge >= 0.3 is 11.9 Å². The summed E-state index contributed by atoms with van der Waals surface area (Å²) < 4.78 is 12.9. The monoisotopic (exact) mass is 589 g/mol. The Balaban J connectivity index is 1.43. The van der Waals surface area contributed by atoms with Gasteiger partial charge in [-0.15, -0.1) is 23.1 Å². The Bertz CT molecular complexity index is 1470. The molecule has 0 unspecified atom stereocenters. The number of carbonyl (C=O) groups is 4. The molecule has 0 bridgehead atoms. The summed E-state index contributed by atoms with van der Waals surface area (Å²) in [5.74, 6) is -1.51. The zero-order chi connectivity index (χ0) is 27.9. The van der Waals surface area contributed by atoms with Crippen molar-refractivity contribution >= 4 is 73.4 Å². The van der Waals surface area contributed by atoms with Crippen LogP contribution in [0.2, 0.25) is 0 Å². The highest BCUT2D eigenvalue weighted by atomic mass is 32.2. The van der Waals surface area contributed by atoms with Crippen molar-refractivity contribution in [2.75, 3.05) is 30.0 Å². The molecule has 0 aliphatic heterocycles. The van der Waals surface area contributed by atoms with E-state index in [1.165, 1.54) is 22.7 Å². The molecule has 1 aliphatic carbocycles. The molecule has 2 aromatic heterocycles. The van der Waals surface area contributed by atoms with Gasteiger partial charge in [0.15, 0.2) is 4.80 Å². The summed E-state index contributed by atoms with van der Waals surface area (Å²) >= 11 is 3.90. The summed E-state index contributed by atoms with van der Waals surface area (Å²) in [5.41, 5.74) is 3.31. The number of thiazole rings is 1. The van der Waals surface area contributed by atoms with Crippen molar-refractivity contribution in [2.45, 2.75) is 53.0 Å². The number of esters is 2. The van der Waals surface area contributed by atoms with Crippen molar-refractivity contribution in [3.8, 4) is 0 Å². The number of carbonyl (C=O) groups excluding carboxylic acids is 4. The minimum absolute atomic E-state index is 0.00816. The molecule has 4 rings (SSSR count). The quantitative estimate of drug-likeness (QED) is 0.347. The Hall–Kier alpha value is -2.96. The topological polar surface area (TPSA) is 116 Å². The maximum atomic E-state index is 12.7. The van der Waals surface area contributed by atoms with Crippen LogP contribution in [0.15, 0.2) is 23.2 Å². The molecule has 2 heterocycles. The van der Waals surface area contributed by atoms with Crippen LogP contribution in [0, 0.1) is 6.92 Å². The second kappa shape index (κ2) is 13.4. The summed E-state index contributed by atoms with van der Waals surface area (Å²) in [6, 6.07) is 5.82. The van der Waals surface area contributed by atoms with Crippen molar-refractivity contribution in [3.63, 3.8) is 0 Å². The fraction of sp³-hybridized carbons (Fsp3) is 0.444. The molecule has 9 nitrogen and oxygen atoms in total. The second-order valence-corrected chi connectivity index (χ2v) is 12.0. The normalized spacial score (nSPS) is 13.3. The summed E-state index contributed by atoms with van der Waals surface area (Å²) in [4.78, 5) is 56.0. The van der Waals surface area contributed by atoms with E-state index in [0.29, 0.717) is 15.4 Å². The molecule has 12 heteroatoms. The maximum absolute atomic E-state index is 12.7. The van der Waals surface area contributed by atoms with Crippen LogP contribution >= 0.6 is 34.4 Å². The highest BCUT2D eigenvalue weighted by molar-refractivity contribution is 8.00. The lowest BCUT2D eigenvalue weighted by atomic mass is 9.95. The van der Waals surface area contributed by atoms with E-state index in [9.17, 15) is 19.2 Å². The van der Waals surface area contributed by atoms with Crippen LogP contribution in [0.25, 0.3) is 10.2 Å². The van der Waals surface area contributed by atoms with Crippen molar-refractivity contribution < 1.29 is 28.7 Å². The van der Waals surface area contributed by atoms with E-state index in [1.807, 2.05) is 25.1 Å². The molecule has 0 saturated heterocycles. The number of nitrogens with zero attached hydrogens (tertiary/aromatic N) is 2. The number of thioether (sulfide) groups is 1. The molecule has 2 amide bonds. The number of nitrogens with one attached hydrogen (secondary N) is 1. The van der Waals surface area contributed by atoms with Crippen LogP contribution in [0.3, 0.4) is 0 Å². The Morgan fingerprint density at radius 3 is 2.59 bits per heavy atom. The van der Waals surface area contributed by atoms with Crippen molar-refractivity contribution in [2.24, 2.45) is 4.99 Å². The summed E-state index contributed by atoms with van der Waals surface area (Å²) in [6.07, 6.45) is 3.75. The molecule has 208 valence electrons. The number of fused-ring (bicyclic) bond motifs is 2. The minimum Gasteiger partial charge on any atom is -0.465 e. The first kappa shape index (κ1) is 29.0. The van der Waals surface area contributed by atoms with Gasteiger partial charge in [-0.25, -0.2) is 4.79 Å². The number of anilines is 1. The predicted octanol–water partition coefficient (Wildman–Crippen LogP) is 4.49. The number of rotatable bonds is 10. The molecular weight excluding hydrogens is 559 g/mol. The molecule has 1 N–H and O–H groups in total. The SMILES string of the molecule is CCOC(=O)Cn1c(=NC(=O)CSCC(=O)Nc2sc3c(c2C(=O)OCC)CCCC3)sc2cc(C)ccc21. The van der Waals surface area contributed by atoms with Gasteiger partial charge in [0.2, 0.25) is 5.91 Å². The van der Waals surface area contributed by atoms with Crippen LogP contribution in [-0.4, -0.2) is 53.0 Å². The molecule has 0 radical (unpaired) electrons. The molecule has 39 heavy (non-hydrogen) atoms. The third kappa shape index (κ3) is 7.17. The lowest BCUT2D eigenvalue weighted by Crippen LogP contribution is -2.23. The predicted molar refractivity (Wildman–Crippen MR) is 155 cm³/mol. The van der Waals surface area contributed by atoms with Crippen molar-refractivity contribution in [1.82, 2.24) is 4.57 Å². The van der Waals surface area contributed by atoms with Crippen LogP contribution in [0.5, 0.6) is 0 Å². The van der Waals surface area contributed by atoms with Gasteiger partial charge in [0, 0.05) is 4.88 Å². The zero-order valence-corrected chi connectivity index (χ0v) is 24.6. The van der Waals surface area contributed by atoms with Crippen LogP contribution < -0.4 is 10.1 Å². The van der Waals surface area contributed by atoms with E-state index in [-0.39, 0.29) is 37.2 Å².